The lowest BCUT2D eigenvalue weighted by Crippen LogP contribution is -2.23. The Morgan fingerprint density at radius 3 is 2.63 bits per heavy atom. The highest BCUT2D eigenvalue weighted by molar-refractivity contribution is 7.91. The van der Waals surface area contributed by atoms with Crippen molar-refractivity contribution in [1.82, 2.24) is 0 Å². The van der Waals surface area contributed by atoms with Gasteiger partial charge in [0.2, 0.25) is 15.7 Å². The van der Waals surface area contributed by atoms with Crippen LogP contribution in [0.2, 0.25) is 0 Å². The molecule has 1 amide bonds. The van der Waals surface area contributed by atoms with E-state index in [1.54, 1.807) is 41.8 Å². The molecule has 0 saturated heterocycles. The Labute approximate surface area is 179 Å². The second-order valence-corrected chi connectivity index (χ2v) is 9.95. The summed E-state index contributed by atoms with van der Waals surface area (Å²) in [6.07, 6.45) is 0.188. The predicted octanol–water partition coefficient (Wildman–Crippen LogP) is 4.47. The van der Waals surface area contributed by atoms with Crippen LogP contribution in [0, 0.1) is 6.92 Å². The lowest BCUT2D eigenvalue weighted by atomic mass is 9.90. The number of carbonyl (C=O) groups excluding carboxylic acids is 1. The molecule has 156 valence electrons. The molecule has 0 fully saturated rings. The number of phenolic OH excluding ortho intramolecular Hbond substituents is 1. The van der Waals surface area contributed by atoms with Crippen LogP contribution in [0.25, 0.3) is 0 Å². The number of amides is 1. The van der Waals surface area contributed by atoms with Gasteiger partial charge >= 0.3 is 0 Å². The van der Waals surface area contributed by atoms with Gasteiger partial charge in [-0.1, -0.05) is 23.8 Å². The SMILES string of the molecule is CCOc1cc([C@@H]2CC(=O)Nc3c(S(=O)(=O)c4ccc(C)cc4)csc32)ccc1O. The van der Waals surface area contributed by atoms with Crippen molar-refractivity contribution >= 4 is 32.8 Å². The summed E-state index contributed by atoms with van der Waals surface area (Å²) >= 11 is 1.31. The third kappa shape index (κ3) is 3.57. The fraction of sp³-hybridized carbons (Fsp3) is 0.227. The van der Waals surface area contributed by atoms with E-state index in [0.717, 1.165) is 16.0 Å². The maximum Gasteiger partial charge on any atom is 0.225 e. The van der Waals surface area contributed by atoms with Crippen LogP contribution < -0.4 is 10.1 Å². The van der Waals surface area contributed by atoms with E-state index in [1.165, 1.54) is 17.4 Å². The van der Waals surface area contributed by atoms with Crippen LogP contribution in [-0.2, 0) is 14.6 Å². The topological polar surface area (TPSA) is 92.7 Å². The van der Waals surface area contributed by atoms with Crippen LogP contribution >= 0.6 is 11.3 Å². The normalized spacial score (nSPS) is 16.1. The number of carbonyl (C=O) groups is 1. The number of phenols is 1. The highest BCUT2D eigenvalue weighted by Crippen LogP contribution is 2.46. The van der Waals surface area contributed by atoms with Gasteiger partial charge in [-0.3, -0.25) is 4.79 Å². The summed E-state index contributed by atoms with van der Waals surface area (Å²) in [6, 6.07) is 11.6. The average molecular weight is 444 g/mol. The summed E-state index contributed by atoms with van der Waals surface area (Å²) < 4.78 is 31.9. The molecule has 4 rings (SSSR count). The standard InChI is InChI=1S/C22H21NO5S2/c1-3-28-18-10-14(6-9-17(18)24)16-11-20(25)23-21-19(12-29-22(16)21)30(26,27)15-7-4-13(2)5-8-15/h4-10,12,16,24H,3,11H2,1-2H3,(H,23,25)/t16-/m0/s1. The molecule has 6 nitrogen and oxygen atoms in total. The zero-order chi connectivity index (χ0) is 21.5. The van der Waals surface area contributed by atoms with Crippen molar-refractivity contribution in [2.45, 2.75) is 36.0 Å². The Balaban J connectivity index is 1.79. The number of hydrogen-bond acceptors (Lipinski definition) is 6. The molecular weight excluding hydrogens is 422 g/mol. The predicted molar refractivity (Wildman–Crippen MR) is 115 cm³/mol. The summed E-state index contributed by atoms with van der Waals surface area (Å²) in [6.45, 7) is 4.10. The van der Waals surface area contributed by atoms with Gasteiger partial charge in [-0.25, -0.2) is 8.42 Å². The first-order valence-corrected chi connectivity index (χ1v) is 11.9. The van der Waals surface area contributed by atoms with Crippen molar-refractivity contribution in [2.24, 2.45) is 0 Å². The highest BCUT2D eigenvalue weighted by atomic mass is 32.2. The van der Waals surface area contributed by atoms with E-state index in [1.807, 2.05) is 13.8 Å². The molecule has 1 aliphatic rings. The van der Waals surface area contributed by atoms with Gasteiger partial charge in [-0.2, -0.15) is 0 Å². The van der Waals surface area contributed by atoms with Gasteiger partial charge in [0.05, 0.1) is 17.2 Å². The Morgan fingerprint density at radius 1 is 1.20 bits per heavy atom. The Morgan fingerprint density at radius 2 is 1.93 bits per heavy atom. The van der Waals surface area contributed by atoms with Crippen molar-refractivity contribution < 1.29 is 23.1 Å². The number of sulfone groups is 1. The minimum Gasteiger partial charge on any atom is -0.504 e. The quantitative estimate of drug-likeness (QED) is 0.607. The molecule has 0 bridgehead atoms. The molecule has 0 radical (unpaired) electrons. The maximum absolute atomic E-state index is 13.2. The molecule has 1 aromatic heterocycles. The summed E-state index contributed by atoms with van der Waals surface area (Å²) in [5.74, 6) is -0.209. The van der Waals surface area contributed by atoms with Crippen LogP contribution in [0.5, 0.6) is 11.5 Å². The van der Waals surface area contributed by atoms with Gasteiger partial charge in [0.15, 0.2) is 11.5 Å². The van der Waals surface area contributed by atoms with E-state index in [2.05, 4.69) is 5.32 Å². The number of rotatable bonds is 5. The molecule has 3 aromatic rings. The smallest absolute Gasteiger partial charge is 0.225 e. The number of ether oxygens (including phenoxy) is 1. The number of aromatic hydroxyl groups is 1. The molecule has 2 aromatic carbocycles. The lowest BCUT2D eigenvalue weighted by molar-refractivity contribution is -0.116. The molecule has 2 N–H and O–H groups in total. The van der Waals surface area contributed by atoms with E-state index in [4.69, 9.17) is 4.74 Å². The first-order valence-electron chi connectivity index (χ1n) is 9.50. The summed E-state index contributed by atoms with van der Waals surface area (Å²) in [5, 5.41) is 14.3. The minimum atomic E-state index is -3.78. The third-order valence-electron chi connectivity index (χ3n) is 5.06. The fourth-order valence-electron chi connectivity index (χ4n) is 3.53. The van der Waals surface area contributed by atoms with Gasteiger partial charge in [0.25, 0.3) is 0 Å². The summed E-state index contributed by atoms with van der Waals surface area (Å²) in [7, 11) is -3.78. The first-order chi connectivity index (χ1) is 14.3. The van der Waals surface area contributed by atoms with Crippen LogP contribution in [0.3, 0.4) is 0 Å². The summed E-state index contributed by atoms with van der Waals surface area (Å²) in [5.41, 5.74) is 2.09. The molecule has 0 spiro atoms. The number of anilines is 1. The number of thiophene rings is 1. The van der Waals surface area contributed by atoms with Gasteiger partial charge in [0.1, 0.15) is 4.90 Å². The molecule has 8 heteroatoms. The monoisotopic (exact) mass is 443 g/mol. The fourth-order valence-corrected chi connectivity index (χ4v) is 6.44. The van der Waals surface area contributed by atoms with Crippen molar-refractivity contribution in [2.75, 3.05) is 11.9 Å². The molecule has 30 heavy (non-hydrogen) atoms. The Bertz CT molecular complexity index is 1210. The molecule has 0 aliphatic carbocycles. The number of hydrogen-bond donors (Lipinski definition) is 2. The average Bonchev–Trinajstić information content (AvgIpc) is 3.14. The van der Waals surface area contributed by atoms with Crippen molar-refractivity contribution in [3.05, 3.63) is 63.8 Å². The number of aryl methyl sites for hydroxylation is 1. The van der Waals surface area contributed by atoms with E-state index in [9.17, 15) is 18.3 Å². The Hall–Kier alpha value is -2.84. The first kappa shape index (κ1) is 20.4. The van der Waals surface area contributed by atoms with Gasteiger partial charge in [0, 0.05) is 22.6 Å². The molecular formula is C22H21NO5S2. The summed E-state index contributed by atoms with van der Waals surface area (Å²) in [4.78, 5) is 13.5. The zero-order valence-electron chi connectivity index (χ0n) is 16.5. The van der Waals surface area contributed by atoms with Gasteiger partial charge < -0.3 is 15.2 Å². The van der Waals surface area contributed by atoms with Crippen LogP contribution in [-0.4, -0.2) is 26.0 Å². The largest absolute Gasteiger partial charge is 0.504 e. The lowest BCUT2D eigenvalue weighted by Gasteiger charge is -2.24. The zero-order valence-corrected chi connectivity index (χ0v) is 18.1. The molecule has 0 saturated carbocycles. The highest BCUT2D eigenvalue weighted by Gasteiger charge is 2.34. The van der Waals surface area contributed by atoms with E-state index in [0.29, 0.717) is 18.0 Å². The number of benzene rings is 2. The van der Waals surface area contributed by atoms with Crippen LogP contribution in [0.1, 0.15) is 35.3 Å². The molecule has 1 atom stereocenters. The minimum absolute atomic E-state index is 0.0231. The van der Waals surface area contributed by atoms with Crippen molar-refractivity contribution in [1.29, 1.82) is 0 Å². The van der Waals surface area contributed by atoms with E-state index >= 15 is 0 Å². The van der Waals surface area contributed by atoms with Crippen molar-refractivity contribution in [3.63, 3.8) is 0 Å². The van der Waals surface area contributed by atoms with Gasteiger partial charge in [-0.05, 0) is 43.7 Å². The Kier molecular flexibility index (Phi) is 5.29. The van der Waals surface area contributed by atoms with Crippen LogP contribution in [0.4, 0.5) is 5.69 Å². The van der Waals surface area contributed by atoms with E-state index < -0.39 is 9.84 Å². The van der Waals surface area contributed by atoms with Crippen LogP contribution in [0.15, 0.2) is 57.6 Å². The molecule has 2 heterocycles. The van der Waals surface area contributed by atoms with E-state index in [-0.39, 0.29) is 33.8 Å². The molecule has 0 unspecified atom stereocenters. The third-order valence-corrected chi connectivity index (χ3v) is 8.10. The maximum atomic E-state index is 13.2. The van der Waals surface area contributed by atoms with Crippen molar-refractivity contribution in [3.8, 4) is 11.5 Å². The second kappa shape index (κ2) is 7.77. The molecule has 1 aliphatic heterocycles. The van der Waals surface area contributed by atoms with Gasteiger partial charge in [-0.15, -0.1) is 11.3 Å². The number of fused-ring (bicyclic) bond motifs is 1. The number of nitrogens with one attached hydrogen (secondary N) is 1. The second-order valence-electron chi connectivity index (χ2n) is 7.12.